The molecule has 1 amide bonds. The number of nitrogens with zero attached hydrogens (tertiary/aromatic N) is 2. The standard InChI is InChI=1S/C22H14Cl2N2O4/c23-14-2-1-3-15(11-14)26-19(13-4-5-17(27)16(24)10-13)18(21(29)22(26)30)20(28)12-6-8-25-9-7-12/h1-11,19,27-28H/b20-18-. The first-order chi connectivity index (χ1) is 14.4. The second kappa shape index (κ2) is 7.82. The summed E-state index contributed by atoms with van der Waals surface area (Å²) < 4.78 is 0. The summed E-state index contributed by atoms with van der Waals surface area (Å²) in [5.41, 5.74) is 1.05. The van der Waals surface area contributed by atoms with Gasteiger partial charge in [-0.2, -0.15) is 0 Å². The molecule has 4 rings (SSSR count). The zero-order valence-electron chi connectivity index (χ0n) is 15.3. The Kier molecular flexibility index (Phi) is 5.20. The van der Waals surface area contributed by atoms with Gasteiger partial charge in [0.25, 0.3) is 11.7 Å². The summed E-state index contributed by atoms with van der Waals surface area (Å²) in [5.74, 6) is -2.15. The van der Waals surface area contributed by atoms with Crippen LogP contribution in [0.4, 0.5) is 5.69 Å². The maximum absolute atomic E-state index is 13.0. The fourth-order valence-corrected chi connectivity index (χ4v) is 3.77. The van der Waals surface area contributed by atoms with Gasteiger partial charge in [0.15, 0.2) is 0 Å². The number of rotatable bonds is 3. The molecule has 8 heteroatoms. The van der Waals surface area contributed by atoms with E-state index in [0.29, 0.717) is 21.8 Å². The van der Waals surface area contributed by atoms with Crippen LogP contribution in [-0.2, 0) is 9.59 Å². The molecule has 1 aliphatic rings. The molecule has 2 N–H and O–H groups in total. The Balaban J connectivity index is 1.98. The van der Waals surface area contributed by atoms with E-state index in [9.17, 15) is 19.8 Å². The van der Waals surface area contributed by atoms with Crippen molar-refractivity contribution in [1.82, 2.24) is 4.98 Å². The summed E-state index contributed by atoms with van der Waals surface area (Å²) in [6.45, 7) is 0. The number of aliphatic hydroxyl groups is 1. The van der Waals surface area contributed by atoms with Crippen molar-refractivity contribution in [2.24, 2.45) is 0 Å². The number of aliphatic hydroxyl groups excluding tert-OH is 1. The smallest absolute Gasteiger partial charge is 0.300 e. The van der Waals surface area contributed by atoms with Crippen molar-refractivity contribution >= 4 is 46.3 Å². The van der Waals surface area contributed by atoms with Gasteiger partial charge in [-0.15, -0.1) is 0 Å². The molecule has 0 radical (unpaired) electrons. The van der Waals surface area contributed by atoms with Crippen LogP contribution in [0.2, 0.25) is 10.0 Å². The summed E-state index contributed by atoms with van der Waals surface area (Å²) in [5, 5.41) is 21.2. The quantitative estimate of drug-likeness (QED) is 0.349. The third kappa shape index (κ3) is 3.40. The van der Waals surface area contributed by atoms with Crippen LogP contribution in [-0.4, -0.2) is 26.9 Å². The van der Waals surface area contributed by atoms with Gasteiger partial charge in [0.05, 0.1) is 16.6 Å². The van der Waals surface area contributed by atoms with E-state index in [1.165, 1.54) is 47.6 Å². The van der Waals surface area contributed by atoms with Crippen molar-refractivity contribution in [1.29, 1.82) is 0 Å². The molecule has 6 nitrogen and oxygen atoms in total. The number of halogens is 2. The molecule has 1 unspecified atom stereocenters. The SMILES string of the molecule is O=C1C(=O)N(c2cccc(Cl)c2)C(c2ccc(O)c(Cl)c2)/C1=C(/O)c1ccncc1. The lowest BCUT2D eigenvalue weighted by molar-refractivity contribution is -0.132. The Morgan fingerprint density at radius 1 is 1.00 bits per heavy atom. The predicted molar refractivity (Wildman–Crippen MR) is 114 cm³/mol. The Hall–Kier alpha value is -3.35. The van der Waals surface area contributed by atoms with Crippen LogP contribution in [0.5, 0.6) is 5.75 Å². The maximum Gasteiger partial charge on any atom is 0.300 e. The minimum absolute atomic E-state index is 0.0492. The topological polar surface area (TPSA) is 90.7 Å². The van der Waals surface area contributed by atoms with Crippen molar-refractivity contribution in [3.05, 3.63) is 93.7 Å². The average Bonchev–Trinajstić information content (AvgIpc) is 3.01. The van der Waals surface area contributed by atoms with Gasteiger partial charge in [-0.25, -0.2) is 0 Å². The number of aromatic nitrogens is 1. The molecule has 1 aliphatic heterocycles. The number of benzene rings is 2. The number of hydrogen-bond acceptors (Lipinski definition) is 5. The molecule has 150 valence electrons. The van der Waals surface area contributed by atoms with Gasteiger partial charge in [-0.3, -0.25) is 19.5 Å². The highest BCUT2D eigenvalue weighted by atomic mass is 35.5. The summed E-state index contributed by atoms with van der Waals surface area (Å²) in [6, 6.07) is 12.9. The molecule has 0 saturated carbocycles. The molecular formula is C22H14Cl2N2O4. The van der Waals surface area contributed by atoms with E-state index in [4.69, 9.17) is 23.2 Å². The number of hydrogen-bond donors (Lipinski definition) is 2. The van der Waals surface area contributed by atoms with Gasteiger partial charge in [0.2, 0.25) is 0 Å². The second-order valence-corrected chi connectivity index (χ2v) is 7.44. The molecular weight excluding hydrogens is 427 g/mol. The van der Waals surface area contributed by atoms with Crippen LogP contribution in [0.25, 0.3) is 5.76 Å². The summed E-state index contributed by atoms with van der Waals surface area (Å²) in [6.07, 6.45) is 2.93. The zero-order chi connectivity index (χ0) is 21.4. The number of pyridine rings is 1. The van der Waals surface area contributed by atoms with Crippen LogP contribution in [0.15, 0.2) is 72.6 Å². The molecule has 1 fully saturated rings. The van der Waals surface area contributed by atoms with Gasteiger partial charge in [-0.1, -0.05) is 35.3 Å². The highest BCUT2D eigenvalue weighted by Gasteiger charge is 2.47. The van der Waals surface area contributed by atoms with Crippen molar-refractivity contribution in [3.63, 3.8) is 0 Å². The fourth-order valence-electron chi connectivity index (χ4n) is 3.40. The van der Waals surface area contributed by atoms with E-state index >= 15 is 0 Å². The Morgan fingerprint density at radius 3 is 2.40 bits per heavy atom. The second-order valence-electron chi connectivity index (χ2n) is 6.60. The number of phenols is 1. The Bertz CT molecular complexity index is 1190. The number of carbonyl (C=O) groups excluding carboxylic acids is 2. The lowest BCUT2D eigenvalue weighted by Crippen LogP contribution is -2.29. The molecule has 2 aromatic carbocycles. The monoisotopic (exact) mass is 440 g/mol. The van der Waals surface area contributed by atoms with E-state index in [1.807, 2.05) is 0 Å². The van der Waals surface area contributed by atoms with Crippen LogP contribution in [0, 0.1) is 0 Å². The summed E-state index contributed by atoms with van der Waals surface area (Å²) in [7, 11) is 0. The van der Waals surface area contributed by atoms with Gasteiger partial charge >= 0.3 is 0 Å². The van der Waals surface area contributed by atoms with Gasteiger partial charge in [0.1, 0.15) is 11.5 Å². The number of aromatic hydroxyl groups is 1. The first kappa shape index (κ1) is 19.9. The van der Waals surface area contributed by atoms with E-state index in [0.717, 1.165) is 0 Å². The van der Waals surface area contributed by atoms with Crippen LogP contribution in [0.1, 0.15) is 17.2 Å². The predicted octanol–water partition coefficient (Wildman–Crippen LogP) is 4.72. The molecule has 2 heterocycles. The molecule has 1 atom stereocenters. The average molecular weight is 441 g/mol. The number of Topliss-reactive ketones (excluding diaryl/α,β-unsaturated/α-hetero) is 1. The zero-order valence-corrected chi connectivity index (χ0v) is 16.8. The Morgan fingerprint density at radius 2 is 1.73 bits per heavy atom. The van der Waals surface area contributed by atoms with Gasteiger partial charge in [-0.05, 0) is 48.0 Å². The number of anilines is 1. The minimum Gasteiger partial charge on any atom is -0.507 e. The first-order valence-electron chi connectivity index (χ1n) is 8.84. The van der Waals surface area contributed by atoms with Crippen LogP contribution >= 0.6 is 23.2 Å². The summed E-state index contributed by atoms with van der Waals surface area (Å²) >= 11 is 12.2. The molecule has 30 heavy (non-hydrogen) atoms. The molecule has 0 aliphatic carbocycles. The lowest BCUT2D eigenvalue weighted by atomic mass is 9.95. The number of carbonyl (C=O) groups is 2. The largest absolute Gasteiger partial charge is 0.507 e. The van der Waals surface area contributed by atoms with Gasteiger partial charge < -0.3 is 10.2 Å². The molecule has 1 aromatic heterocycles. The van der Waals surface area contributed by atoms with Crippen LogP contribution in [0.3, 0.4) is 0 Å². The van der Waals surface area contributed by atoms with Crippen LogP contribution < -0.4 is 4.90 Å². The van der Waals surface area contributed by atoms with Crippen molar-refractivity contribution in [3.8, 4) is 5.75 Å². The van der Waals surface area contributed by atoms with E-state index < -0.39 is 17.7 Å². The normalized spacial score (nSPS) is 18.1. The van der Waals surface area contributed by atoms with Crippen molar-refractivity contribution in [2.75, 3.05) is 4.90 Å². The van der Waals surface area contributed by atoms with Crippen molar-refractivity contribution in [2.45, 2.75) is 6.04 Å². The highest BCUT2D eigenvalue weighted by molar-refractivity contribution is 6.52. The molecule has 0 bridgehead atoms. The lowest BCUT2D eigenvalue weighted by Gasteiger charge is -2.25. The third-order valence-electron chi connectivity index (χ3n) is 4.77. The third-order valence-corrected chi connectivity index (χ3v) is 5.31. The van der Waals surface area contributed by atoms with Gasteiger partial charge in [0, 0.05) is 28.7 Å². The summed E-state index contributed by atoms with van der Waals surface area (Å²) in [4.78, 5) is 31.1. The molecule has 3 aromatic rings. The number of phenolic OH excluding ortho intramolecular Hbond substituents is 1. The van der Waals surface area contributed by atoms with E-state index in [2.05, 4.69) is 4.98 Å². The van der Waals surface area contributed by atoms with Crippen molar-refractivity contribution < 1.29 is 19.8 Å². The first-order valence-corrected chi connectivity index (χ1v) is 9.59. The minimum atomic E-state index is -0.977. The highest BCUT2D eigenvalue weighted by Crippen LogP contribution is 2.43. The van der Waals surface area contributed by atoms with E-state index in [1.54, 1.807) is 24.3 Å². The molecule has 1 saturated heterocycles. The molecule has 0 spiro atoms. The number of amides is 1. The maximum atomic E-state index is 13.0. The fraction of sp³-hybridized carbons (Fsp3) is 0.0455. The number of ketones is 1. The Labute approximate surface area is 181 Å². The van der Waals surface area contributed by atoms with E-state index in [-0.39, 0.29) is 22.1 Å².